The fourth-order valence-electron chi connectivity index (χ4n) is 4.65. The molecule has 2 heterocycles. The second-order valence-electron chi connectivity index (χ2n) is 9.38. The molecule has 2 aromatic carbocycles. The van der Waals surface area contributed by atoms with E-state index in [1.54, 1.807) is 30.6 Å². The highest BCUT2D eigenvalue weighted by atomic mass is 32.1. The number of hydrogen-bond acceptors (Lipinski definition) is 6. The van der Waals surface area contributed by atoms with Crippen molar-refractivity contribution in [2.75, 3.05) is 50.5 Å². The number of rotatable bonds is 9. The van der Waals surface area contributed by atoms with Crippen molar-refractivity contribution in [1.29, 1.82) is 0 Å². The van der Waals surface area contributed by atoms with E-state index >= 15 is 0 Å². The number of nitrogens with one attached hydrogen (secondary N) is 2. The molecule has 2 N–H and O–H groups in total. The Hall–Kier alpha value is -3.04. The van der Waals surface area contributed by atoms with E-state index in [9.17, 15) is 9.59 Å². The SMILES string of the molecule is COCc1ccc(C(=O)Nc2ccsc2-c2ccccc2)cc1NC(=O)CN1CCN(C2CC2)CC1. The Labute approximate surface area is 216 Å². The minimum Gasteiger partial charge on any atom is -0.380 e. The van der Waals surface area contributed by atoms with Gasteiger partial charge in [-0.2, -0.15) is 0 Å². The lowest BCUT2D eigenvalue weighted by Gasteiger charge is -2.34. The first kappa shape index (κ1) is 24.6. The molecule has 0 atom stereocenters. The summed E-state index contributed by atoms with van der Waals surface area (Å²) in [6.07, 6.45) is 2.62. The van der Waals surface area contributed by atoms with Crippen LogP contribution in [0, 0.1) is 0 Å². The van der Waals surface area contributed by atoms with E-state index in [0.717, 1.165) is 53.9 Å². The summed E-state index contributed by atoms with van der Waals surface area (Å²) in [4.78, 5) is 31.8. The van der Waals surface area contributed by atoms with Crippen LogP contribution in [0.1, 0.15) is 28.8 Å². The lowest BCUT2D eigenvalue weighted by Crippen LogP contribution is -2.49. The average Bonchev–Trinajstić information content (AvgIpc) is 3.64. The average molecular weight is 505 g/mol. The van der Waals surface area contributed by atoms with Crippen molar-refractivity contribution in [3.63, 3.8) is 0 Å². The molecule has 188 valence electrons. The third-order valence-electron chi connectivity index (χ3n) is 6.73. The molecule has 0 spiro atoms. The highest BCUT2D eigenvalue weighted by Crippen LogP contribution is 2.34. The number of anilines is 2. The Morgan fingerprint density at radius 2 is 1.75 bits per heavy atom. The lowest BCUT2D eigenvalue weighted by atomic mass is 10.1. The van der Waals surface area contributed by atoms with Crippen LogP contribution in [-0.2, 0) is 16.1 Å². The molecule has 0 bridgehead atoms. The molecule has 2 fully saturated rings. The Bertz CT molecular complexity index is 1200. The maximum atomic E-state index is 13.1. The van der Waals surface area contributed by atoms with Gasteiger partial charge in [0.25, 0.3) is 5.91 Å². The molecule has 5 rings (SSSR count). The molecule has 1 aliphatic heterocycles. The van der Waals surface area contributed by atoms with Gasteiger partial charge in [-0.25, -0.2) is 0 Å². The summed E-state index contributed by atoms with van der Waals surface area (Å²) in [7, 11) is 1.62. The van der Waals surface area contributed by atoms with Gasteiger partial charge in [0, 0.05) is 56.1 Å². The van der Waals surface area contributed by atoms with Gasteiger partial charge in [-0.1, -0.05) is 36.4 Å². The molecule has 0 radical (unpaired) electrons. The van der Waals surface area contributed by atoms with Gasteiger partial charge in [0.05, 0.1) is 23.7 Å². The summed E-state index contributed by atoms with van der Waals surface area (Å²) >= 11 is 1.59. The van der Waals surface area contributed by atoms with Crippen LogP contribution in [0.2, 0.25) is 0 Å². The molecule has 7 nitrogen and oxygen atoms in total. The molecule has 2 aliphatic rings. The molecular formula is C28H32N4O3S. The number of hydrogen-bond donors (Lipinski definition) is 2. The van der Waals surface area contributed by atoms with Gasteiger partial charge < -0.3 is 15.4 Å². The van der Waals surface area contributed by atoms with E-state index in [0.29, 0.717) is 24.4 Å². The minimum atomic E-state index is -0.221. The van der Waals surface area contributed by atoms with Gasteiger partial charge in [0.15, 0.2) is 0 Å². The standard InChI is InChI=1S/C28H32N4O3S/c1-35-19-22-8-7-21(28(34)30-24-11-16-36-27(24)20-5-3-2-4-6-20)17-25(22)29-26(33)18-31-12-14-32(15-13-31)23-9-10-23/h2-8,11,16-17,23H,9-10,12-15,18-19H2,1H3,(H,29,33)(H,30,34). The lowest BCUT2D eigenvalue weighted by molar-refractivity contribution is -0.117. The first-order valence-corrected chi connectivity index (χ1v) is 13.3. The summed E-state index contributed by atoms with van der Waals surface area (Å²) in [5, 5.41) is 8.03. The Balaban J connectivity index is 1.25. The second-order valence-corrected chi connectivity index (χ2v) is 10.3. The fraction of sp³-hybridized carbons (Fsp3) is 0.357. The Kier molecular flexibility index (Phi) is 7.77. The van der Waals surface area contributed by atoms with E-state index in [2.05, 4.69) is 20.4 Å². The normalized spacial score (nSPS) is 16.6. The fourth-order valence-corrected chi connectivity index (χ4v) is 5.51. The number of thiophene rings is 1. The quantitative estimate of drug-likeness (QED) is 0.448. The maximum Gasteiger partial charge on any atom is 0.255 e. The molecular weight excluding hydrogens is 472 g/mol. The van der Waals surface area contributed by atoms with Crippen LogP contribution in [0.4, 0.5) is 11.4 Å². The number of carbonyl (C=O) groups is 2. The van der Waals surface area contributed by atoms with Crippen molar-refractivity contribution >= 4 is 34.5 Å². The summed E-state index contributed by atoms with van der Waals surface area (Å²) in [6.45, 7) is 4.55. The van der Waals surface area contributed by atoms with E-state index in [1.807, 2.05) is 47.8 Å². The summed E-state index contributed by atoms with van der Waals surface area (Å²) in [5.74, 6) is -0.296. The number of piperazine rings is 1. The monoisotopic (exact) mass is 504 g/mol. The van der Waals surface area contributed by atoms with Crippen LogP contribution in [0.3, 0.4) is 0 Å². The molecule has 8 heteroatoms. The van der Waals surface area contributed by atoms with Crippen molar-refractivity contribution in [3.8, 4) is 10.4 Å². The van der Waals surface area contributed by atoms with E-state index in [4.69, 9.17) is 4.74 Å². The summed E-state index contributed by atoms with van der Waals surface area (Å²) in [5.41, 5.74) is 3.76. The third kappa shape index (κ3) is 6.02. The molecule has 1 aromatic heterocycles. The van der Waals surface area contributed by atoms with Crippen molar-refractivity contribution in [1.82, 2.24) is 9.80 Å². The zero-order valence-electron chi connectivity index (χ0n) is 20.5. The van der Waals surface area contributed by atoms with Crippen LogP contribution < -0.4 is 10.6 Å². The van der Waals surface area contributed by atoms with E-state index in [1.165, 1.54) is 12.8 Å². The third-order valence-corrected chi connectivity index (χ3v) is 7.70. The molecule has 2 amide bonds. The largest absolute Gasteiger partial charge is 0.380 e. The molecule has 36 heavy (non-hydrogen) atoms. The van der Waals surface area contributed by atoms with Crippen LogP contribution in [0.5, 0.6) is 0 Å². The van der Waals surface area contributed by atoms with Crippen molar-refractivity contribution in [2.45, 2.75) is 25.5 Å². The number of nitrogens with zero attached hydrogens (tertiary/aromatic N) is 2. The predicted octanol–water partition coefficient (Wildman–Crippen LogP) is 4.53. The first-order chi connectivity index (χ1) is 17.6. The minimum absolute atomic E-state index is 0.0750. The van der Waals surface area contributed by atoms with Crippen molar-refractivity contribution in [3.05, 3.63) is 71.1 Å². The maximum absolute atomic E-state index is 13.1. The highest BCUT2D eigenvalue weighted by Gasteiger charge is 2.31. The Morgan fingerprint density at radius 3 is 2.47 bits per heavy atom. The molecule has 1 aliphatic carbocycles. The van der Waals surface area contributed by atoms with Crippen LogP contribution in [0.15, 0.2) is 60.0 Å². The zero-order valence-corrected chi connectivity index (χ0v) is 21.4. The van der Waals surface area contributed by atoms with Gasteiger partial charge in [-0.3, -0.25) is 19.4 Å². The van der Waals surface area contributed by atoms with Crippen LogP contribution >= 0.6 is 11.3 Å². The highest BCUT2D eigenvalue weighted by molar-refractivity contribution is 7.14. The first-order valence-electron chi connectivity index (χ1n) is 12.4. The van der Waals surface area contributed by atoms with Crippen LogP contribution in [0.25, 0.3) is 10.4 Å². The predicted molar refractivity (Wildman–Crippen MR) is 145 cm³/mol. The zero-order chi connectivity index (χ0) is 24.9. The van der Waals surface area contributed by atoms with Gasteiger partial charge in [0.1, 0.15) is 0 Å². The Morgan fingerprint density at radius 1 is 0.972 bits per heavy atom. The van der Waals surface area contributed by atoms with Crippen LogP contribution in [-0.4, -0.2) is 67.5 Å². The number of ether oxygens (including phenoxy) is 1. The number of benzene rings is 2. The van der Waals surface area contributed by atoms with E-state index in [-0.39, 0.29) is 11.8 Å². The number of carbonyl (C=O) groups excluding carboxylic acids is 2. The smallest absolute Gasteiger partial charge is 0.255 e. The number of amides is 2. The van der Waals surface area contributed by atoms with Gasteiger partial charge in [0.2, 0.25) is 5.91 Å². The molecule has 1 saturated carbocycles. The van der Waals surface area contributed by atoms with Gasteiger partial charge >= 0.3 is 0 Å². The van der Waals surface area contributed by atoms with E-state index < -0.39 is 0 Å². The number of methoxy groups -OCH3 is 1. The second kappa shape index (κ2) is 11.3. The van der Waals surface area contributed by atoms with Crippen molar-refractivity contribution < 1.29 is 14.3 Å². The molecule has 1 saturated heterocycles. The van der Waals surface area contributed by atoms with Gasteiger partial charge in [-0.15, -0.1) is 11.3 Å². The molecule has 0 unspecified atom stereocenters. The van der Waals surface area contributed by atoms with Crippen molar-refractivity contribution in [2.24, 2.45) is 0 Å². The molecule has 3 aromatic rings. The summed E-state index contributed by atoms with van der Waals surface area (Å²) in [6, 6.07) is 18.0. The topological polar surface area (TPSA) is 73.9 Å². The van der Waals surface area contributed by atoms with Gasteiger partial charge in [-0.05, 0) is 42.0 Å². The summed E-state index contributed by atoms with van der Waals surface area (Å²) < 4.78 is 5.32.